The summed E-state index contributed by atoms with van der Waals surface area (Å²) in [4.78, 5) is 35.2. The maximum atomic E-state index is 12.2. The zero-order chi connectivity index (χ0) is 20.1. The summed E-state index contributed by atoms with van der Waals surface area (Å²) in [6.45, 7) is -0.329. The minimum atomic E-state index is -1.66. The first-order chi connectivity index (χ1) is 13.4. The van der Waals surface area contributed by atoms with Gasteiger partial charge in [-0.15, -0.1) is 11.3 Å². The Kier molecular flexibility index (Phi) is 5.52. The van der Waals surface area contributed by atoms with Crippen molar-refractivity contribution in [1.82, 2.24) is 5.32 Å². The molecule has 0 radical (unpaired) electrons. The largest absolute Gasteiger partial charge is 0.466 e. The molecule has 0 fully saturated rings. The third-order valence-corrected chi connectivity index (χ3v) is 4.94. The van der Waals surface area contributed by atoms with E-state index in [4.69, 9.17) is 4.42 Å². The lowest BCUT2D eigenvalue weighted by Gasteiger charge is -2.25. The molecular formula is C18H15N3O6S. The lowest BCUT2D eigenvalue weighted by molar-refractivity contribution is -0.383. The molecule has 3 N–H and O–H groups in total. The fourth-order valence-electron chi connectivity index (χ4n) is 2.53. The van der Waals surface area contributed by atoms with Crippen LogP contribution < -0.4 is 10.6 Å². The van der Waals surface area contributed by atoms with Gasteiger partial charge in [0.25, 0.3) is 5.69 Å². The van der Waals surface area contributed by atoms with Gasteiger partial charge in [-0.05, 0) is 29.6 Å². The van der Waals surface area contributed by atoms with Gasteiger partial charge in [-0.2, -0.15) is 0 Å². The van der Waals surface area contributed by atoms with E-state index in [0.29, 0.717) is 4.88 Å². The molecule has 0 saturated carbocycles. The van der Waals surface area contributed by atoms with Crippen LogP contribution in [0.15, 0.2) is 64.6 Å². The third-order valence-electron chi connectivity index (χ3n) is 3.92. The van der Waals surface area contributed by atoms with Crippen molar-refractivity contribution in [2.75, 3.05) is 11.9 Å². The number of benzene rings is 1. The van der Waals surface area contributed by atoms with E-state index in [-0.39, 0.29) is 23.7 Å². The van der Waals surface area contributed by atoms with Crippen LogP contribution in [0.4, 0.5) is 11.4 Å². The summed E-state index contributed by atoms with van der Waals surface area (Å²) in [5.41, 5.74) is -2.10. The van der Waals surface area contributed by atoms with Crippen molar-refractivity contribution >= 4 is 34.5 Å². The lowest BCUT2D eigenvalue weighted by atomic mass is 9.98. The topological polar surface area (TPSA) is 135 Å². The molecule has 3 aromatic rings. The van der Waals surface area contributed by atoms with E-state index in [1.54, 1.807) is 29.6 Å². The number of thiophene rings is 1. The molecule has 1 atom stereocenters. The lowest BCUT2D eigenvalue weighted by Crippen LogP contribution is -2.44. The van der Waals surface area contributed by atoms with Gasteiger partial charge in [0.2, 0.25) is 0 Å². The predicted octanol–water partition coefficient (Wildman–Crippen LogP) is 2.24. The summed E-state index contributed by atoms with van der Waals surface area (Å²) >= 11 is 1.26. The quantitative estimate of drug-likeness (QED) is 0.329. The third kappa shape index (κ3) is 3.92. The van der Waals surface area contributed by atoms with Crippen LogP contribution in [0.3, 0.4) is 0 Å². The summed E-state index contributed by atoms with van der Waals surface area (Å²) in [6.07, 6.45) is 1.39. The molecule has 0 bridgehead atoms. The molecule has 2 heterocycles. The average molecular weight is 401 g/mol. The minimum absolute atomic E-state index is 0.104. The zero-order valence-electron chi connectivity index (χ0n) is 14.3. The van der Waals surface area contributed by atoms with E-state index in [1.807, 2.05) is 0 Å². The molecule has 2 amide bonds. The van der Waals surface area contributed by atoms with Gasteiger partial charge in [-0.1, -0.05) is 18.2 Å². The highest BCUT2D eigenvalue weighted by Crippen LogP contribution is 2.32. The molecule has 2 aromatic heterocycles. The number of nitrogens with zero attached hydrogens (tertiary/aromatic N) is 1. The summed E-state index contributed by atoms with van der Waals surface area (Å²) in [6, 6.07) is 12.0. The number of carbonyl (C=O) groups is 2. The fourth-order valence-corrected chi connectivity index (χ4v) is 3.36. The van der Waals surface area contributed by atoms with E-state index in [1.165, 1.54) is 41.9 Å². The molecule has 0 aliphatic heterocycles. The normalized spacial score (nSPS) is 12.8. The van der Waals surface area contributed by atoms with Crippen LogP contribution in [0.25, 0.3) is 0 Å². The molecule has 0 aliphatic carbocycles. The number of amides is 2. The Morgan fingerprint density at radius 2 is 1.93 bits per heavy atom. The van der Waals surface area contributed by atoms with E-state index >= 15 is 0 Å². The number of nitro groups is 1. The first kappa shape index (κ1) is 19.3. The maximum Gasteiger partial charge on any atom is 0.313 e. The first-order valence-corrected chi connectivity index (χ1v) is 8.93. The van der Waals surface area contributed by atoms with E-state index in [2.05, 4.69) is 10.6 Å². The number of anilines is 1. The molecular weight excluding hydrogens is 386 g/mol. The van der Waals surface area contributed by atoms with Gasteiger partial charge >= 0.3 is 11.8 Å². The summed E-state index contributed by atoms with van der Waals surface area (Å²) in [5, 5.41) is 28.4. The first-order valence-electron chi connectivity index (χ1n) is 8.05. The fraction of sp³-hybridized carbons (Fsp3) is 0.111. The number of aliphatic hydroxyl groups is 1. The molecule has 10 heteroatoms. The number of rotatable bonds is 6. The molecule has 144 valence electrons. The zero-order valence-corrected chi connectivity index (χ0v) is 15.1. The van der Waals surface area contributed by atoms with Gasteiger partial charge < -0.3 is 20.2 Å². The highest BCUT2D eigenvalue weighted by molar-refractivity contribution is 7.10. The number of nitro benzene ring substituents is 1. The molecule has 3 rings (SSSR count). The van der Waals surface area contributed by atoms with E-state index in [0.717, 1.165) is 0 Å². The van der Waals surface area contributed by atoms with Crippen LogP contribution in [0.5, 0.6) is 0 Å². The SMILES string of the molecule is O=C(NCC(O)(c1ccco1)c1cccs1)C(=O)Nc1ccccc1[N+](=O)[O-]. The molecule has 28 heavy (non-hydrogen) atoms. The molecule has 1 aromatic carbocycles. The number of nitrogens with one attached hydrogen (secondary N) is 2. The van der Waals surface area contributed by atoms with Gasteiger partial charge in [0.15, 0.2) is 5.60 Å². The Morgan fingerprint density at radius 3 is 2.57 bits per heavy atom. The Hall–Kier alpha value is -3.50. The van der Waals surface area contributed by atoms with Crippen LogP contribution >= 0.6 is 11.3 Å². The molecule has 0 spiro atoms. The minimum Gasteiger partial charge on any atom is -0.466 e. The van der Waals surface area contributed by atoms with Crippen molar-refractivity contribution in [2.45, 2.75) is 5.60 Å². The van der Waals surface area contributed by atoms with Crippen molar-refractivity contribution in [2.24, 2.45) is 0 Å². The monoisotopic (exact) mass is 401 g/mol. The van der Waals surface area contributed by atoms with Crippen molar-refractivity contribution in [3.05, 3.63) is 80.9 Å². The van der Waals surface area contributed by atoms with Crippen LogP contribution in [0.1, 0.15) is 10.6 Å². The van der Waals surface area contributed by atoms with Crippen molar-refractivity contribution in [3.63, 3.8) is 0 Å². The number of hydrogen-bond acceptors (Lipinski definition) is 7. The second-order valence-corrected chi connectivity index (χ2v) is 6.67. The predicted molar refractivity (Wildman–Crippen MR) is 101 cm³/mol. The van der Waals surface area contributed by atoms with E-state index < -0.39 is 22.3 Å². The van der Waals surface area contributed by atoms with E-state index in [9.17, 15) is 24.8 Å². The second kappa shape index (κ2) is 8.03. The number of para-hydroxylation sites is 2. The van der Waals surface area contributed by atoms with Gasteiger partial charge in [0.1, 0.15) is 11.4 Å². The van der Waals surface area contributed by atoms with Crippen molar-refractivity contribution < 1.29 is 24.0 Å². The standard InChI is InChI=1S/C18H15N3O6S/c22-16(17(23)20-12-5-1-2-6-13(12)21(25)26)19-11-18(24,14-7-3-9-27-14)15-8-4-10-28-15/h1-10,24H,11H2,(H,19,22)(H,20,23). The smallest absolute Gasteiger partial charge is 0.313 e. The Bertz CT molecular complexity index is 950. The average Bonchev–Trinajstić information content (AvgIpc) is 3.40. The van der Waals surface area contributed by atoms with Crippen LogP contribution in [-0.4, -0.2) is 28.4 Å². The molecule has 9 nitrogen and oxygen atoms in total. The molecule has 0 saturated heterocycles. The van der Waals surface area contributed by atoms with Gasteiger partial charge in [-0.3, -0.25) is 19.7 Å². The Balaban J connectivity index is 1.72. The highest BCUT2D eigenvalue weighted by Gasteiger charge is 2.36. The van der Waals surface area contributed by atoms with Gasteiger partial charge in [0, 0.05) is 10.9 Å². The molecule has 1 unspecified atom stereocenters. The van der Waals surface area contributed by atoms with Gasteiger partial charge in [0.05, 0.1) is 17.7 Å². The van der Waals surface area contributed by atoms with Crippen LogP contribution in [0, 0.1) is 10.1 Å². The Labute approximate surface area is 162 Å². The number of carbonyl (C=O) groups excluding carboxylic acids is 2. The van der Waals surface area contributed by atoms with Gasteiger partial charge in [-0.25, -0.2) is 0 Å². The summed E-state index contributed by atoms with van der Waals surface area (Å²) in [7, 11) is 0. The summed E-state index contributed by atoms with van der Waals surface area (Å²) < 4.78 is 5.28. The van der Waals surface area contributed by atoms with Crippen molar-refractivity contribution in [1.29, 1.82) is 0 Å². The van der Waals surface area contributed by atoms with Crippen molar-refractivity contribution in [3.8, 4) is 0 Å². The Morgan fingerprint density at radius 1 is 1.14 bits per heavy atom. The highest BCUT2D eigenvalue weighted by atomic mass is 32.1. The number of furan rings is 1. The maximum absolute atomic E-state index is 12.2. The van der Waals surface area contributed by atoms with Crippen LogP contribution in [0.2, 0.25) is 0 Å². The second-order valence-electron chi connectivity index (χ2n) is 5.73. The molecule has 0 aliphatic rings. The van der Waals surface area contributed by atoms with Crippen LogP contribution in [-0.2, 0) is 15.2 Å². The number of hydrogen-bond donors (Lipinski definition) is 3. The summed E-state index contributed by atoms with van der Waals surface area (Å²) in [5.74, 6) is -1.95.